The Balaban J connectivity index is 2.60. The lowest BCUT2D eigenvalue weighted by molar-refractivity contribution is -0.174. The summed E-state index contributed by atoms with van der Waals surface area (Å²) in [5.41, 5.74) is -1.35. The Morgan fingerprint density at radius 2 is 1.67 bits per heavy atom. The fourth-order valence-electron chi connectivity index (χ4n) is 4.10. The molecule has 0 bridgehead atoms. The first-order valence-corrected chi connectivity index (χ1v) is 11.4. The van der Waals surface area contributed by atoms with E-state index in [2.05, 4.69) is 0 Å². The van der Waals surface area contributed by atoms with Gasteiger partial charge < -0.3 is 24.4 Å². The molecule has 1 aliphatic carbocycles. The summed E-state index contributed by atoms with van der Waals surface area (Å²) in [4.78, 5) is 39.4. The second kappa shape index (κ2) is 11.0. The van der Waals surface area contributed by atoms with Crippen LogP contribution < -0.4 is 4.74 Å². The Hall–Kier alpha value is -2.61. The molecule has 2 rings (SSSR count). The summed E-state index contributed by atoms with van der Waals surface area (Å²) in [5, 5.41) is 21.3. The maximum Gasteiger partial charge on any atom is 0.317 e. The van der Waals surface area contributed by atoms with Crippen LogP contribution in [0.1, 0.15) is 59.4 Å². The van der Waals surface area contributed by atoms with Crippen LogP contribution in [-0.2, 0) is 23.9 Å². The number of ether oxygens (including phenoxy) is 3. The van der Waals surface area contributed by atoms with Gasteiger partial charge in [0.2, 0.25) is 0 Å². The predicted molar refractivity (Wildman–Crippen MR) is 121 cm³/mol. The number of Topliss-reactive ketones (excluding diaryl/α,β-unsaturated/α-hetero) is 1. The number of phenols is 1. The number of benzene rings is 1. The van der Waals surface area contributed by atoms with Crippen LogP contribution in [-0.4, -0.2) is 53.4 Å². The van der Waals surface area contributed by atoms with E-state index in [-0.39, 0.29) is 49.6 Å². The molecule has 8 nitrogen and oxygen atoms in total. The van der Waals surface area contributed by atoms with E-state index in [0.717, 1.165) is 0 Å². The zero-order valence-corrected chi connectivity index (χ0v) is 20.3. The van der Waals surface area contributed by atoms with E-state index >= 15 is 0 Å². The van der Waals surface area contributed by atoms with Crippen molar-refractivity contribution in [1.29, 1.82) is 0 Å². The first kappa shape index (κ1) is 26.6. The summed E-state index contributed by atoms with van der Waals surface area (Å²) in [6, 6.07) is 4.38. The number of hydrogen-bond acceptors (Lipinski definition) is 8. The lowest BCUT2D eigenvalue weighted by atomic mass is 9.61. The number of rotatable bonds is 9. The Morgan fingerprint density at radius 3 is 2.21 bits per heavy atom. The lowest BCUT2D eigenvalue weighted by Crippen LogP contribution is -2.55. The van der Waals surface area contributed by atoms with Crippen LogP contribution >= 0.6 is 0 Å². The molecule has 1 aromatic carbocycles. The van der Waals surface area contributed by atoms with Gasteiger partial charge in [-0.1, -0.05) is 33.8 Å². The summed E-state index contributed by atoms with van der Waals surface area (Å²) in [6.07, 6.45) is -0.386. The summed E-state index contributed by atoms with van der Waals surface area (Å²) in [5.74, 6) is -5.38. The lowest BCUT2D eigenvalue weighted by Gasteiger charge is -2.43. The Labute approximate surface area is 195 Å². The minimum absolute atomic E-state index is 0.0548. The standard InChI is InChI=1S/C25H36O8/c1-7-31-19-10-16(8-9-17(19)26)20-21(23(28)32-12-14(2)3)18(27)11-25(6,30)22(20)24(29)33-13-15(4)5/h8-10,14-15,20-22,26,30H,7,11-13H2,1-6H3/t20-,21-,22+,25-/m1/s1. The van der Waals surface area contributed by atoms with Crippen molar-refractivity contribution in [2.24, 2.45) is 23.7 Å². The van der Waals surface area contributed by atoms with E-state index in [1.54, 1.807) is 6.92 Å². The van der Waals surface area contributed by atoms with Gasteiger partial charge in [-0.3, -0.25) is 14.4 Å². The van der Waals surface area contributed by atoms with Crippen molar-refractivity contribution in [3.63, 3.8) is 0 Å². The second-order valence-corrected chi connectivity index (χ2v) is 9.69. The summed E-state index contributed by atoms with van der Waals surface area (Å²) in [6.45, 7) is 11.2. The third kappa shape index (κ3) is 6.47. The Kier molecular flexibility index (Phi) is 8.89. The van der Waals surface area contributed by atoms with Crippen LogP contribution in [0.4, 0.5) is 0 Å². The number of hydrogen-bond donors (Lipinski definition) is 2. The average molecular weight is 465 g/mol. The van der Waals surface area contributed by atoms with E-state index in [0.29, 0.717) is 5.56 Å². The fraction of sp³-hybridized carbons (Fsp3) is 0.640. The van der Waals surface area contributed by atoms with E-state index < -0.39 is 41.1 Å². The third-order valence-corrected chi connectivity index (χ3v) is 5.56. The maximum absolute atomic E-state index is 13.2. The summed E-state index contributed by atoms with van der Waals surface area (Å²) in [7, 11) is 0. The minimum Gasteiger partial charge on any atom is -0.504 e. The van der Waals surface area contributed by atoms with Crippen LogP contribution in [0, 0.1) is 23.7 Å². The van der Waals surface area contributed by atoms with Gasteiger partial charge in [-0.05, 0) is 43.4 Å². The van der Waals surface area contributed by atoms with Crippen molar-refractivity contribution in [3.8, 4) is 11.5 Å². The fourth-order valence-corrected chi connectivity index (χ4v) is 4.10. The van der Waals surface area contributed by atoms with Crippen molar-refractivity contribution < 1.29 is 38.8 Å². The molecular weight excluding hydrogens is 428 g/mol. The van der Waals surface area contributed by atoms with E-state index in [1.165, 1.54) is 25.1 Å². The van der Waals surface area contributed by atoms with Gasteiger partial charge >= 0.3 is 11.9 Å². The molecule has 0 unspecified atom stereocenters. The summed E-state index contributed by atoms with van der Waals surface area (Å²) >= 11 is 0. The molecule has 0 aliphatic heterocycles. The molecule has 0 aromatic heterocycles. The number of ketones is 1. The van der Waals surface area contributed by atoms with Crippen LogP contribution in [0.5, 0.6) is 11.5 Å². The van der Waals surface area contributed by atoms with Crippen LogP contribution in [0.25, 0.3) is 0 Å². The molecule has 0 heterocycles. The zero-order valence-electron chi connectivity index (χ0n) is 20.3. The average Bonchev–Trinajstić information content (AvgIpc) is 2.70. The van der Waals surface area contributed by atoms with Gasteiger partial charge in [0.1, 0.15) is 5.92 Å². The monoisotopic (exact) mass is 464 g/mol. The minimum atomic E-state index is -1.74. The third-order valence-electron chi connectivity index (χ3n) is 5.56. The van der Waals surface area contributed by atoms with E-state index in [1.807, 2.05) is 27.7 Å². The highest BCUT2D eigenvalue weighted by atomic mass is 16.5. The number of aromatic hydroxyl groups is 1. The topological polar surface area (TPSA) is 119 Å². The number of esters is 2. The van der Waals surface area contributed by atoms with Gasteiger partial charge in [0, 0.05) is 12.3 Å². The van der Waals surface area contributed by atoms with Gasteiger partial charge in [-0.2, -0.15) is 0 Å². The SMILES string of the molecule is CCOc1cc([C@@H]2[C@H](C(=O)OCC(C)C)C(=O)C[C@@](C)(O)[C@@H]2C(=O)OCC(C)C)ccc1O. The molecule has 0 amide bonds. The van der Waals surface area contributed by atoms with Gasteiger partial charge in [0.25, 0.3) is 0 Å². The number of carbonyl (C=O) groups excluding carboxylic acids is 3. The van der Waals surface area contributed by atoms with Gasteiger partial charge in [-0.15, -0.1) is 0 Å². The molecule has 8 heteroatoms. The normalized spacial score (nSPS) is 25.2. The molecule has 0 spiro atoms. The quantitative estimate of drug-likeness (QED) is 0.422. The zero-order chi connectivity index (χ0) is 24.9. The largest absolute Gasteiger partial charge is 0.504 e. The van der Waals surface area contributed by atoms with Gasteiger partial charge in [-0.25, -0.2) is 0 Å². The highest BCUT2D eigenvalue weighted by molar-refractivity contribution is 6.02. The number of aliphatic hydroxyl groups is 1. The molecule has 184 valence electrons. The Morgan fingerprint density at radius 1 is 1.09 bits per heavy atom. The summed E-state index contributed by atoms with van der Waals surface area (Å²) < 4.78 is 16.3. The van der Waals surface area contributed by atoms with Crippen molar-refractivity contribution in [2.45, 2.75) is 59.5 Å². The Bertz CT molecular complexity index is 858. The van der Waals surface area contributed by atoms with Crippen LogP contribution in [0.15, 0.2) is 18.2 Å². The highest BCUT2D eigenvalue weighted by Crippen LogP contribution is 2.48. The first-order valence-electron chi connectivity index (χ1n) is 11.4. The molecule has 0 radical (unpaired) electrons. The second-order valence-electron chi connectivity index (χ2n) is 9.69. The van der Waals surface area contributed by atoms with E-state index in [4.69, 9.17) is 14.2 Å². The van der Waals surface area contributed by atoms with Crippen molar-refractivity contribution in [2.75, 3.05) is 19.8 Å². The molecule has 33 heavy (non-hydrogen) atoms. The first-order chi connectivity index (χ1) is 15.4. The maximum atomic E-state index is 13.2. The van der Waals surface area contributed by atoms with E-state index in [9.17, 15) is 24.6 Å². The smallest absolute Gasteiger partial charge is 0.317 e. The highest BCUT2D eigenvalue weighted by Gasteiger charge is 2.57. The molecule has 1 aromatic rings. The van der Waals surface area contributed by atoms with Gasteiger partial charge in [0.05, 0.1) is 31.3 Å². The molecule has 0 saturated heterocycles. The molecule has 4 atom stereocenters. The molecule has 1 aliphatic rings. The molecule has 1 saturated carbocycles. The molecule has 2 N–H and O–H groups in total. The van der Waals surface area contributed by atoms with Crippen molar-refractivity contribution in [1.82, 2.24) is 0 Å². The molecular formula is C25H36O8. The van der Waals surface area contributed by atoms with Crippen LogP contribution in [0.3, 0.4) is 0 Å². The van der Waals surface area contributed by atoms with Crippen molar-refractivity contribution in [3.05, 3.63) is 23.8 Å². The van der Waals surface area contributed by atoms with Gasteiger partial charge in [0.15, 0.2) is 17.3 Å². The predicted octanol–water partition coefficient (Wildman–Crippen LogP) is 3.23. The number of carbonyl (C=O) groups is 3. The van der Waals surface area contributed by atoms with Crippen molar-refractivity contribution >= 4 is 17.7 Å². The molecule has 1 fully saturated rings. The van der Waals surface area contributed by atoms with Crippen LogP contribution in [0.2, 0.25) is 0 Å². The number of phenolic OH excluding ortho intramolecular Hbond substituents is 1.